The van der Waals surface area contributed by atoms with Crippen molar-refractivity contribution in [2.24, 2.45) is 5.92 Å². The minimum atomic E-state index is 0.0951. The molecule has 1 saturated carbocycles. The Morgan fingerprint density at radius 3 is 2.96 bits per heavy atom. The molecule has 1 aliphatic heterocycles. The van der Waals surface area contributed by atoms with Crippen LogP contribution in [0.5, 0.6) is 0 Å². The van der Waals surface area contributed by atoms with Crippen LogP contribution in [-0.2, 0) is 0 Å². The lowest BCUT2D eigenvalue weighted by Gasteiger charge is -2.32. The highest BCUT2D eigenvalue weighted by Crippen LogP contribution is 2.40. The standard InChI is InChI=1S/C18H22N2O2S/c1-11-9-13-5-3-4-6-15(13)20(11)18(21)14-10-23-17(19-14)16-8-7-12(2)22-16/h7-8,10-11,13,15H,3-6,9H2,1-2H3. The maximum atomic E-state index is 13.0. The van der Waals surface area contributed by atoms with Crippen molar-refractivity contribution < 1.29 is 9.21 Å². The van der Waals surface area contributed by atoms with E-state index in [-0.39, 0.29) is 5.91 Å². The van der Waals surface area contributed by atoms with Crippen LogP contribution in [0, 0.1) is 12.8 Å². The van der Waals surface area contributed by atoms with Gasteiger partial charge in [-0.1, -0.05) is 12.8 Å². The smallest absolute Gasteiger partial charge is 0.273 e. The van der Waals surface area contributed by atoms with E-state index in [1.165, 1.54) is 30.6 Å². The van der Waals surface area contributed by atoms with Gasteiger partial charge in [0, 0.05) is 17.5 Å². The van der Waals surface area contributed by atoms with Gasteiger partial charge in [-0.2, -0.15) is 0 Å². The molecule has 4 nitrogen and oxygen atoms in total. The van der Waals surface area contributed by atoms with Gasteiger partial charge < -0.3 is 9.32 Å². The van der Waals surface area contributed by atoms with Crippen molar-refractivity contribution in [3.63, 3.8) is 0 Å². The van der Waals surface area contributed by atoms with Gasteiger partial charge in [-0.3, -0.25) is 4.79 Å². The number of hydrogen-bond acceptors (Lipinski definition) is 4. The molecule has 4 rings (SSSR count). The van der Waals surface area contributed by atoms with Crippen LogP contribution in [0.2, 0.25) is 0 Å². The Kier molecular flexibility index (Phi) is 3.76. The van der Waals surface area contributed by atoms with E-state index in [0.717, 1.165) is 29.4 Å². The van der Waals surface area contributed by atoms with Crippen molar-refractivity contribution in [3.05, 3.63) is 29.0 Å². The summed E-state index contributed by atoms with van der Waals surface area (Å²) in [7, 11) is 0. The van der Waals surface area contributed by atoms with E-state index in [1.807, 2.05) is 24.4 Å². The average Bonchev–Trinajstić information content (AvgIpc) is 3.23. The molecule has 122 valence electrons. The third kappa shape index (κ3) is 2.61. The molecule has 2 aliphatic rings. The molecule has 0 radical (unpaired) electrons. The molecule has 2 fully saturated rings. The lowest BCUT2D eigenvalue weighted by molar-refractivity contribution is 0.0628. The lowest BCUT2D eigenvalue weighted by Crippen LogP contribution is -2.42. The summed E-state index contributed by atoms with van der Waals surface area (Å²) in [5.41, 5.74) is 0.567. The molecular weight excluding hydrogens is 308 g/mol. The minimum absolute atomic E-state index is 0.0951. The second-order valence-electron chi connectivity index (χ2n) is 6.86. The quantitative estimate of drug-likeness (QED) is 0.814. The fraction of sp³-hybridized carbons (Fsp3) is 0.556. The normalized spacial score (nSPS) is 27.2. The SMILES string of the molecule is Cc1ccc(-c2nc(C(=O)N3C(C)CC4CCCCC43)cs2)o1. The van der Waals surface area contributed by atoms with Crippen molar-refractivity contribution in [2.75, 3.05) is 0 Å². The number of carbonyl (C=O) groups is 1. The van der Waals surface area contributed by atoms with Crippen LogP contribution in [0.25, 0.3) is 10.8 Å². The number of nitrogens with zero attached hydrogens (tertiary/aromatic N) is 2. The first-order valence-electron chi connectivity index (χ1n) is 8.48. The Bertz CT molecular complexity index is 720. The molecule has 0 aromatic carbocycles. The van der Waals surface area contributed by atoms with Crippen molar-refractivity contribution in [1.29, 1.82) is 0 Å². The van der Waals surface area contributed by atoms with Gasteiger partial charge >= 0.3 is 0 Å². The Morgan fingerprint density at radius 2 is 2.17 bits per heavy atom. The number of carbonyl (C=O) groups excluding carboxylic acids is 1. The van der Waals surface area contributed by atoms with Crippen molar-refractivity contribution >= 4 is 17.2 Å². The van der Waals surface area contributed by atoms with Crippen LogP contribution in [0.3, 0.4) is 0 Å². The zero-order valence-electron chi connectivity index (χ0n) is 13.6. The molecule has 3 unspecified atom stereocenters. The summed E-state index contributed by atoms with van der Waals surface area (Å²) < 4.78 is 5.62. The van der Waals surface area contributed by atoms with E-state index in [9.17, 15) is 4.79 Å². The van der Waals surface area contributed by atoms with Crippen LogP contribution in [0.1, 0.15) is 55.3 Å². The first-order chi connectivity index (χ1) is 11.1. The molecule has 3 atom stereocenters. The van der Waals surface area contributed by atoms with Crippen molar-refractivity contribution in [3.8, 4) is 10.8 Å². The van der Waals surface area contributed by atoms with E-state index in [1.54, 1.807) is 0 Å². The first kappa shape index (κ1) is 14.9. The number of fused-ring (bicyclic) bond motifs is 1. The Morgan fingerprint density at radius 1 is 1.35 bits per heavy atom. The third-order valence-corrected chi connectivity index (χ3v) is 6.11. The van der Waals surface area contributed by atoms with E-state index >= 15 is 0 Å². The number of aryl methyl sites for hydroxylation is 1. The highest BCUT2D eigenvalue weighted by molar-refractivity contribution is 7.13. The van der Waals surface area contributed by atoms with Crippen molar-refractivity contribution in [1.82, 2.24) is 9.88 Å². The molecule has 5 heteroatoms. The maximum Gasteiger partial charge on any atom is 0.273 e. The van der Waals surface area contributed by atoms with E-state index in [2.05, 4.69) is 16.8 Å². The van der Waals surface area contributed by atoms with Crippen molar-refractivity contribution in [2.45, 2.75) is 58.0 Å². The van der Waals surface area contributed by atoms with Gasteiger partial charge in [-0.05, 0) is 51.2 Å². The summed E-state index contributed by atoms with van der Waals surface area (Å²) in [6.45, 7) is 4.09. The number of likely N-dealkylation sites (tertiary alicyclic amines) is 1. The van der Waals surface area contributed by atoms with Crippen LogP contribution in [0.15, 0.2) is 21.9 Å². The second kappa shape index (κ2) is 5.78. The lowest BCUT2D eigenvalue weighted by atomic mass is 9.85. The zero-order chi connectivity index (χ0) is 16.0. The third-order valence-electron chi connectivity index (χ3n) is 5.25. The Balaban J connectivity index is 1.58. The summed E-state index contributed by atoms with van der Waals surface area (Å²) in [4.78, 5) is 19.7. The van der Waals surface area contributed by atoms with E-state index < -0.39 is 0 Å². The molecule has 3 heterocycles. The molecule has 1 aliphatic carbocycles. The molecule has 2 aromatic rings. The number of amides is 1. The average molecular weight is 330 g/mol. The predicted octanol–water partition coefficient (Wildman–Crippen LogP) is 4.50. The molecule has 0 spiro atoms. The molecule has 0 N–H and O–H groups in total. The molecule has 0 bridgehead atoms. The predicted molar refractivity (Wildman–Crippen MR) is 90.5 cm³/mol. The first-order valence-corrected chi connectivity index (χ1v) is 9.36. The number of rotatable bonds is 2. The molecule has 23 heavy (non-hydrogen) atoms. The maximum absolute atomic E-state index is 13.0. The fourth-order valence-electron chi connectivity index (χ4n) is 4.23. The van der Waals surface area contributed by atoms with Gasteiger partial charge in [0.05, 0.1) is 0 Å². The summed E-state index contributed by atoms with van der Waals surface area (Å²) in [6.07, 6.45) is 6.12. The molecule has 2 aromatic heterocycles. The van der Waals surface area contributed by atoms with E-state index in [0.29, 0.717) is 23.7 Å². The highest BCUT2D eigenvalue weighted by Gasteiger charge is 2.43. The van der Waals surface area contributed by atoms with Gasteiger partial charge in [-0.15, -0.1) is 11.3 Å². The summed E-state index contributed by atoms with van der Waals surface area (Å²) in [5.74, 6) is 2.39. The summed E-state index contributed by atoms with van der Waals surface area (Å²) in [6, 6.07) is 4.58. The number of aromatic nitrogens is 1. The fourth-order valence-corrected chi connectivity index (χ4v) is 4.98. The van der Waals surface area contributed by atoms with Crippen LogP contribution >= 0.6 is 11.3 Å². The largest absolute Gasteiger partial charge is 0.459 e. The summed E-state index contributed by atoms with van der Waals surface area (Å²) >= 11 is 1.48. The van der Waals surface area contributed by atoms with Crippen LogP contribution in [0.4, 0.5) is 0 Å². The second-order valence-corrected chi connectivity index (χ2v) is 7.72. The molecule has 1 amide bonds. The van der Waals surface area contributed by atoms with Crippen LogP contribution < -0.4 is 0 Å². The number of hydrogen-bond donors (Lipinski definition) is 0. The molecule has 1 saturated heterocycles. The van der Waals surface area contributed by atoms with E-state index in [4.69, 9.17) is 4.42 Å². The van der Waals surface area contributed by atoms with Gasteiger partial charge in [0.25, 0.3) is 5.91 Å². The van der Waals surface area contributed by atoms with Gasteiger partial charge in [0.2, 0.25) is 0 Å². The number of thiazole rings is 1. The topological polar surface area (TPSA) is 46.3 Å². The van der Waals surface area contributed by atoms with Gasteiger partial charge in [0.1, 0.15) is 11.5 Å². The monoisotopic (exact) mass is 330 g/mol. The summed E-state index contributed by atoms with van der Waals surface area (Å²) in [5, 5.41) is 2.66. The number of furan rings is 1. The molecular formula is C18H22N2O2S. The van der Waals surface area contributed by atoms with Crippen LogP contribution in [-0.4, -0.2) is 27.9 Å². The minimum Gasteiger partial charge on any atom is -0.459 e. The highest BCUT2D eigenvalue weighted by atomic mass is 32.1. The Hall–Kier alpha value is -1.62. The zero-order valence-corrected chi connectivity index (χ0v) is 14.4. The Labute approximate surface area is 140 Å². The van der Waals surface area contributed by atoms with Gasteiger partial charge in [0.15, 0.2) is 10.8 Å². The van der Waals surface area contributed by atoms with Gasteiger partial charge in [-0.25, -0.2) is 4.98 Å².